The Labute approximate surface area is 167 Å². The van der Waals surface area contributed by atoms with Gasteiger partial charge in [0.1, 0.15) is 5.71 Å². The monoisotopic (exact) mass is 388 g/mol. The first-order valence-corrected chi connectivity index (χ1v) is 8.78. The van der Waals surface area contributed by atoms with Crippen molar-refractivity contribution in [2.45, 2.75) is 13.5 Å². The average Bonchev–Trinajstić information content (AvgIpc) is 2.71. The topological polar surface area (TPSA) is 140 Å². The molecule has 1 aromatic heterocycles. The third kappa shape index (κ3) is 5.01. The number of carboxylic acids is 1. The third-order valence-electron chi connectivity index (χ3n) is 4.12. The zero-order chi connectivity index (χ0) is 20.8. The second kappa shape index (κ2) is 8.75. The molecular weight excluding hydrogens is 368 g/mol. The highest BCUT2D eigenvalue weighted by Crippen LogP contribution is 2.20. The van der Waals surface area contributed by atoms with Gasteiger partial charge >= 0.3 is 5.97 Å². The maximum Gasteiger partial charge on any atom is 0.335 e. The van der Waals surface area contributed by atoms with E-state index >= 15 is 0 Å². The SMILES string of the molecule is Cc1cccc(-c2cc(C(C=NCc3cccc(C(=O)O)c3)=NN)nc(N)n2)c1. The van der Waals surface area contributed by atoms with Crippen molar-refractivity contribution in [3.63, 3.8) is 0 Å². The van der Waals surface area contributed by atoms with Gasteiger partial charge in [-0.15, -0.1) is 0 Å². The second-order valence-corrected chi connectivity index (χ2v) is 6.36. The predicted molar refractivity (Wildman–Crippen MR) is 113 cm³/mol. The molecule has 0 spiro atoms. The zero-order valence-electron chi connectivity index (χ0n) is 15.8. The van der Waals surface area contributed by atoms with E-state index in [0.29, 0.717) is 17.1 Å². The fourth-order valence-corrected chi connectivity index (χ4v) is 2.76. The van der Waals surface area contributed by atoms with Crippen LogP contribution in [0.15, 0.2) is 64.7 Å². The number of nitrogens with zero attached hydrogens (tertiary/aromatic N) is 4. The number of aromatic nitrogens is 2. The summed E-state index contributed by atoms with van der Waals surface area (Å²) in [5.74, 6) is 4.64. The van der Waals surface area contributed by atoms with Crippen molar-refractivity contribution in [2.24, 2.45) is 15.9 Å². The number of hydrogen-bond donors (Lipinski definition) is 3. The summed E-state index contributed by atoms with van der Waals surface area (Å²) in [7, 11) is 0. The first kappa shape index (κ1) is 19.7. The lowest BCUT2D eigenvalue weighted by Crippen LogP contribution is -2.11. The molecule has 0 saturated carbocycles. The minimum Gasteiger partial charge on any atom is -0.478 e. The van der Waals surface area contributed by atoms with Gasteiger partial charge in [0.15, 0.2) is 0 Å². The number of aliphatic imine (C=N–C) groups is 1. The number of nitrogens with two attached hydrogens (primary N) is 2. The van der Waals surface area contributed by atoms with E-state index in [-0.39, 0.29) is 18.1 Å². The van der Waals surface area contributed by atoms with Crippen molar-refractivity contribution < 1.29 is 9.90 Å². The molecule has 0 atom stereocenters. The molecule has 8 heteroatoms. The van der Waals surface area contributed by atoms with Crippen molar-refractivity contribution in [3.8, 4) is 11.3 Å². The van der Waals surface area contributed by atoms with Gasteiger partial charge in [0.05, 0.1) is 29.7 Å². The molecule has 2 aromatic carbocycles. The van der Waals surface area contributed by atoms with Gasteiger partial charge in [0.25, 0.3) is 0 Å². The molecule has 0 fully saturated rings. The summed E-state index contributed by atoms with van der Waals surface area (Å²) < 4.78 is 0. The fourth-order valence-electron chi connectivity index (χ4n) is 2.76. The van der Waals surface area contributed by atoms with E-state index in [4.69, 9.17) is 16.7 Å². The lowest BCUT2D eigenvalue weighted by Gasteiger charge is -2.06. The van der Waals surface area contributed by atoms with Crippen LogP contribution in [0, 0.1) is 6.92 Å². The fraction of sp³-hybridized carbons (Fsp3) is 0.0952. The maximum atomic E-state index is 11.1. The van der Waals surface area contributed by atoms with Gasteiger partial charge in [-0.25, -0.2) is 14.8 Å². The van der Waals surface area contributed by atoms with Gasteiger partial charge < -0.3 is 16.7 Å². The van der Waals surface area contributed by atoms with Crippen molar-refractivity contribution in [1.29, 1.82) is 0 Å². The molecule has 5 N–H and O–H groups in total. The summed E-state index contributed by atoms with van der Waals surface area (Å²) >= 11 is 0. The molecule has 0 aliphatic heterocycles. The van der Waals surface area contributed by atoms with Crippen molar-refractivity contribution in [3.05, 3.63) is 77.0 Å². The van der Waals surface area contributed by atoms with E-state index in [1.165, 1.54) is 12.3 Å². The lowest BCUT2D eigenvalue weighted by molar-refractivity contribution is 0.0696. The van der Waals surface area contributed by atoms with Gasteiger partial charge in [-0.3, -0.25) is 4.99 Å². The van der Waals surface area contributed by atoms with E-state index in [2.05, 4.69) is 20.1 Å². The lowest BCUT2D eigenvalue weighted by atomic mass is 10.1. The van der Waals surface area contributed by atoms with Gasteiger partial charge in [-0.2, -0.15) is 5.10 Å². The van der Waals surface area contributed by atoms with Crippen molar-refractivity contribution in [1.82, 2.24) is 9.97 Å². The summed E-state index contributed by atoms with van der Waals surface area (Å²) in [5, 5.41) is 12.8. The number of rotatable bonds is 6. The number of aromatic carboxylic acids is 1. The van der Waals surface area contributed by atoms with Crippen LogP contribution >= 0.6 is 0 Å². The number of carbonyl (C=O) groups is 1. The molecule has 0 aliphatic rings. The molecule has 0 aliphatic carbocycles. The molecule has 1 heterocycles. The Morgan fingerprint density at radius 2 is 1.93 bits per heavy atom. The van der Waals surface area contributed by atoms with Crippen LogP contribution in [-0.2, 0) is 6.54 Å². The third-order valence-corrected chi connectivity index (χ3v) is 4.12. The highest BCUT2D eigenvalue weighted by atomic mass is 16.4. The average molecular weight is 388 g/mol. The number of aryl methyl sites for hydroxylation is 1. The smallest absolute Gasteiger partial charge is 0.335 e. The van der Waals surface area contributed by atoms with Crippen LogP contribution < -0.4 is 11.6 Å². The van der Waals surface area contributed by atoms with Crippen LogP contribution in [0.25, 0.3) is 11.3 Å². The number of carboxylic acid groups (broad SMARTS) is 1. The summed E-state index contributed by atoms with van der Waals surface area (Å²) in [4.78, 5) is 23.9. The van der Waals surface area contributed by atoms with E-state index in [1.807, 2.05) is 31.2 Å². The Kier molecular flexibility index (Phi) is 5.94. The van der Waals surface area contributed by atoms with Gasteiger partial charge in [-0.1, -0.05) is 35.9 Å². The van der Waals surface area contributed by atoms with Gasteiger partial charge in [0, 0.05) is 5.56 Å². The summed E-state index contributed by atoms with van der Waals surface area (Å²) in [6, 6.07) is 16.2. The van der Waals surface area contributed by atoms with Crippen LogP contribution in [0.4, 0.5) is 5.95 Å². The Morgan fingerprint density at radius 1 is 1.14 bits per heavy atom. The van der Waals surface area contributed by atoms with E-state index in [9.17, 15) is 4.79 Å². The highest BCUT2D eigenvalue weighted by Gasteiger charge is 2.10. The highest BCUT2D eigenvalue weighted by molar-refractivity contribution is 6.37. The molecule has 0 unspecified atom stereocenters. The molecule has 0 radical (unpaired) electrons. The second-order valence-electron chi connectivity index (χ2n) is 6.36. The van der Waals surface area contributed by atoms with Crippen LogP contribution in [0.1, 0.15) is 27.2 Å². The number of hydrogen-bond acceptors (Lipinski definition) is 7. The standard InChI is InChI=1S/C21H20N6O2/c1-13-4-2-6-15(8-13)17-10-18(26-21(22)25-17)19(27-23)12-24-11-14-5-3-7-16(9-14)20(28)29/h2-10,12H,11,23H2,1H3,(H,28,29)(H2,22,25,26). The zero-order valence-corrected chi connectivity index (χ0v) is 15.8. The number of benzene rings is 2. The Balaban J connectivity index is 1.84. The summed E-state index contributed by atoms with van der Waals surface area (Å²) in [6.07, 6.45) is 1.48. The molecule has 29 heavy (non-hydrogen) atoms. The van der Waals surface area contributed by atoms with Gasteiger partial charge in [0.2, 0.25) is 5.95 Å². The molecule has 8 nitrogen and oxygen atoms in total. The number of hydrazone groups is 1. The maximum absolute atomic E-state index is 11.1. The number of anilines is 1. The predicted octanol–water partition coefficient (Wildman–Crippen LogP) is 2.67. The molecule has 0 saturated heterocycles. The van der Waals surface area contributed by atoms with E-state index < -0.39 is 5.97 Å². The van der Waals surface area contributed by atoms with Gasteiger partial charge in [-0.05, 0) is 36.8 Å². The quantitative estimate of drug-likeness (QED) is 0.337. The molecule has 0 bridgehead atoms. The van der Waals surface area contributed by atoms with Crippen molar-refractivity contribution in [2.75, 3.05) is 5.73 Å². The molecule has 3 rings (SSSR count). The van der Waals surface area contributed by atoms with Crippen LogP contribution in [0.5, 0.6) is 0 Å². The molecule has 3 aromatic rings. The molecule has 0 amide bonds. The van der Waals surface area contributed by atoms with Crippen LogP contribution in [0.2, 0.25) is 0 Å². The van der Waals surface area contributed by atoms with Crippen molar-refractivity contribution >= 4 is 23.8 Å². The van der Waals surface area contributed by atoms with E-state index in [0.717, 1.165) is 16.7 Å². The summed E-state index contributed by atoms with van der Waals surface area (Å²) in [5.41, 5.74) is 10.3. The molecule has 146 valence electrons. The van der Waals surface area contributed by atoms with E-state index in [1.54, 1.807) is 24.3 Å². The minimum absolute atomic E-state index is 0.0997. The largest absolute Gasteiger partial charge is 0.478 e. The summed E-state index contributed by atoms with van der Waals surface area (Å²) in [6.45, 7) is 2.26. The molecular formula is C21H20N6O2. The normalized spacial score (nSPS) is 11.7. The first-order chi connectivity index (χ1) is 14.0. The van der Waals surface area contributed by atoms with Crippen LogP contribution in [-0.4, -0.2) is 33.0 Å². The number of nitrogen functional groups attached to an aromatic ring is 1. The first-order valence-electron chi connectivity index (χ1n) is 8.78. The Morgan fingerprint density at radius 3 is 2.66 bits per heavy atom. The Bertz CT molecular complexity index is 1110. The van der Waals surface area contributed by atoms with Crippen LogP contribution in [0.3, 0.4) is 0 Å². The Hall–Kier alpha value is -4.07. The minimum atomic E-state index is -0.986.